The predicted octanol–water partition coefficient (Wildman–Crippen LogP) is 2.92. The normalized spacial score (nSPS) is 22.8. The maximum Gasteiger partial charge on any atom is 0.416 e. The van der Waals surface area contributed by atoms with Crippen LogP contribution in [0.1, 0.15) is 30.0 Å². The topological polar surface area (TPSA) is 38.3 Å². The molecule has 1 fully saturated rings. The second-order valence-electron chi connectivity index (χ2n) is 4.96. The third-order valence-electron chi connectivity index (χ3n) is 3.55. The van der Waals surface area contributed by atoms with Crippen LogP contribution in [-0.2, 0) is 15.7 Å². The van der Waals surface area contributed by atoms with Crippen LogP contribution in [0, 0.1) is 5.92 Å². The second-order valence-corrected chi connectivity index (χ2v) is 4.96. The van der Waals surface area contributed by atoms with Crippen LogP contribution in [0.4, 0.5) is 13.2 Å². The molecule has 2 unspecified atom stereocenters. The van der Waals surface area contributed by atoms with Crippen molar-refractivity contribution in [3.05, 3.63) is 35.4 Å². The molecule has 0 bridgehead atoms. The Balaban J connectivity index is 1.98. The number of carbonyl (C=O) groups excluding carboxylic acids is 1. The Labute approximate surface area is 115 Å². The first-order chi connectivity index (χ1) is 9.40. The molecule has 6 heteroatoms. The zero-order valence-electron chi connectivity index (χ0n) is 11.0. The summed E-state index contributed by atoms with van der Waals surface area (Å²) in [5.74, 6) is -0.0976. The first-order valence-corrected chi connectivity index (χ1v) is 6.37. The van der Waals surface area contributed by atoms with Gasteiger partial charge in [0.1, 0.15) is 0 Å². The Morgan fingerprint density at radius 3 is 2.55 bits per heavy atom. The van der Waals surface area contributed by atoms with Crippen LogP contribution < -0.4 is 5.32 Å². The lowest BCUT2D eigenvalue weighted by Gasteiger charge is -2.13. The van der Waals surface area contributed by atoms with Gasteiger partial charge in [-0.3, -0.25) is 4.79 Å². The van der Waals surface area contributed by atoms with Gasteiger partial charge in [-0.15, -0.1) is 0 Å². The van der Waals surface area contributed by atoms with Gasteiger partial charge in [0.2, 0.25) is 0 Å². The maximum atomic E-state index is 12.5. The highest BCUT2D eigenvalue weighted by Gasteiger charge is 2.31. The number of alkyl halides is 3. The Hall–Kier alpha value is -1.56. The summed E-state index contributed by atoms with van der Waals surface area (Å²) in [7, 11) is 1.35. The summed E-state index contributed by atoms with van der Waals surface area (Å²) in [6.07, 6.45) is -3.25. The zero-order chi connectivity index (χ0) is 14.8. The van der Waals surface area contributed by atoms with Crippen molar-refractivity contribution >= 4 is 5.97 Å². The summed E-state index contributed by atoms with van der Waals surface area (Å²) in [6.45, 7) is 0.667. The predicted molar refractivity (Wildman–Crippen MR) is 66.9 cm³/mol. The van der Waals surface area contributed by atoms with Gasteiger partial charge >= 0.3 is 12.1 Å². The number of halogens is 3. The lowest BCUT2D eigenvalue weighted by atomic mass is 9.97. The second kappa shape index (κ2) is 5.83. The first-order valence-electron chi connectivity index (χ1n) is 6.37. The summed E-state index contributed by atoms with van der Waals surface area (Å²) in [5.41, 5.74) is 0.163. The molecule has 1 N–H and O–H groups in total. The average molecular weight is 287 g/mol. The van der Waals surface area contributed by atoms with Gasteiger partial charge in [0.15, 0.2) is 0 Å². The van der Waals surface area contributed by atoms with Gasteiger partial charge in [0, 0.05) is 12.5 Å². The van der Waals surface area contributed by atoms with Crippen molar-refractivity contribution < 1.29 is 22.7 Å². The summed E-state index contributed by atoms with van der Waals surface area (Å²) in [6, 6.07) is 5.14. The van der Waals surface area contributed by atoms with Crippen LogP contribution in [0.5, 0.6) is 0 Å². The van der Waals surface area contributed by atoms with E-state index >= 15 is 0 Å². The van der Waals surface area contributed by atoms with Crippen LogP contribution in [0.15, 0.2) is 24.3 Å². The minimum atomic E-state index is -4.31. The summed E-state index contributed by atoms with van der Waals surface area (Å²) in [4.78, 5) is 11.2. The van der Waals surface area contributed by atoms with Crippen LogP contribution in [0.3, 0.4) is 0 Å². The van der Waals surface area contributed by atoms with Crippen molar-refractivity contribution in [2.24, 2.45) is 5.92 Å². The van der Waals surface area contributed by atoms with Crippen molar-refractivity contribution in [2.75, 3.05) is 13.7 Å². The van der Waals surface area contributed by atoms with Gasteiger partial charge < -0.3 is 10.1 Å². The fourth-order valence-electron chi connectivity index (χ4n) is 2.44. The lowest BCUT2D eigenvalue weighted by molar-refractivity contribution is -0.141. The van der Waals surface area contributed by atoms with E-state index in [0.717, 1.165) is 24.1 Å². The van der Waals surface area contributed by atoms with Crippen molar-refractivity contribution in [3.63, 3.8) is 0 Å². The largest absolute Gasteiger partial charge is 0.469 e. The third-order valence-corrected chi connectivity index (χ3v) is 3.55. The number of methoxy groups -OCH3 is 1. The van der Waals surface area contributed by atoms with Crippen LogP contribution in [-0.4, -0.2) is 19.6 Å². The van der Waals surface area contributed by atoms with E-state index < -0.39 is 11.7 Å². The molecule has 3 nitrogen and oxygen atoms in total. The van der Waals surface area contributed by atoms with E-state index in [1.165, 1.54) is 19.2 Å². The molecule has 1 aliphatic rings. The van der Waals surface area contributed by atoms with Crippen LogP contribution >= 0.6 is 0 Å². The Morgan fingerprint density at radius 1 is 1.35 bits per heavy atom. The minimum absolute atomic E-state index is 0.00746. The highest BCUT2D eigenvalue weighted by molar-refractivity contribution is 5.69. The number of ether oxygens (including phenoxy) is 1. The molecule has 1 aliphatic heterocycles. The standard InChI is InChI=1S/C14H16F3NO2/c1-20-13(19)7-9-6-12(18-8-9)10-2-4-11(5-3-10)14(15,16)17/h2-5,9,12,18H,6-8H2,1H3. The molecule has 0 aromatic heterocycles. The number of nitrogens with one attached hydrogen (secondary N) is 1. The van der Waals surface area contributed by atoms with Crippen molar-refractivity contribution in [1.82, 2.24) is 5.32 Å². The molecule has 20 heavy (non-hydrogen) atoms. The van der Waals surface area contributed by atoms with E-state index in [2.05, 4.69) is 10.1 Å². The smallest absolute Gasteiger partial charge is 0.416 e. The molecule has 2 atom stereocenters. The van der Waals surface area contributed by atoms with Gasteiger partial charge in [-0.1, -0.05) is 12.1 Å². The number of benzene rings is 1. The van der Waals surface area contributed by atoms with E-state index in [4.69, 9.17) is 0 Å². The summed E-state index contributed by atoms with van der Waals surface area (Å²) in [5, 5.41) is 3.22. The van der Waals surface area contributed by atoms with Gasteiger partial charge in [-0.05, 0) is 36.6 Å². The lowest BCUT2D eigenvalue weighted by Crippen LogP contribution is -2.15. The maximum absolute atomic E-state index is 12.5. The molecule has 1 aromatic carbocycles. The van der Waals surface area contributed by atoms with Gasteiger partial charge in [-0.25, -0.2) is 0 Å². The van der Waals surface area contributed by atoms with E-state index in [9.17, 15) is 18.0 Å². The Morgan fingerprint density at radius 2 is 2.00 bits per heavy atom. The van der Waals surface area contributed by atoms with E-state index in [1.807, 2.05) is 0 Å². The molecule has 0 amide bonds. The van der Waals surface area contributed by atoms with E-state index in [0.29, 0.717) is 13.0 Å². The fraction of sp³-hybridized carbons (Fsp3) is 0.500. The molecule has 2 rings (SSSR count). The monoisotopic (exact) mass is 287 g/mol. The number of hydrogen-bond donors (Lipinski definition) is 1. The van der Waals surface area contributed by atoms with Crippen LogP contribution in [0.2, 0.25) is 0 Å². The molecule has 1 heterocycles. The quantitative estimate of drug-likeness (QED) is 0.869. The molecule has 110 valence electrons. The SMILES string of the molecule is COC(=O)CC1CNC(c2ccc(C(F)(F)F)cc2)C1. The molecular formula is C14H16F3NO2. The molecule has 0 radical (unpaired) electrons. The number of hydrogen-bond acceptors (Lipinski definition) is 3. The first kappa shape index (κ1) is 14.8. The van der Waals surface area contributed by atoms with Crippen LogP contribution in [0.25, 0.3) is 0 Å². The average Bonchev–Trinajstić information content (AvgIpc) is 2.86. The van der Waals surface area contributed by atoms with Crippen molar-refractivity contribution in [2.45, 2.75) is 25.1 Å². The van der Waals surface area contributed by atoms with Gasteiger partial charge in [0.25, 0.3) is 0 Å². The summed E-state index contributed by atoms with van der Waals surface area (Å²) < 4.78 is 42.0. The molecule has 0 spiro atoms. The summed E-state index contributed by atoms with van der Waals surface area (Å²) >= 11 is 0. The van der Waals surface area contributed by atoms with E-state index in [-0.39, 0.29) is 17.9 Å². The highest BCUT2D eigenvalue weighted by Crippen LogP contribution is 2.33. The molecule has 0 aliphatic carbocycles. The number of esters is 1. The third kappa shape index (κ3) is 3.50. The fourth-order valence-corrected chi connectivity index (χ4v) is 2.44. The highest BCUT2D eigenvalue weighted by atomic mass is 19.4. The molecule has 1 aromatic rings. The van der Waals surface area contributed by atoms with E-state index in [1.54, 1.807) is 0 Å². The minimum Gasteiger partial charge on any atom is -0.469 e. The zero-order valence-corrected chi connectivity index (χ0v) is 11.0. The Kier molecular flexibility index (Phi) is 4.32. The molecule has 1 saturated heterocycles. The number of carbonyl (C=O) groups is 1. The van der Waals surface area contributed by atoms with Gasteiger partial charge in [0.05, 0.1) is 12.7 Å². The van der Waals surface area contributed by atoms with Crippen molar-refractivity contribution in [3.8, 4) is 0 Å². The Bertz CT molecular complexity index is 470. The van der Waals surface area contributed by atoms with Crippen molar-refractivity contribution in [1.29, 1.82) is 0 Å². The molecule has 0 saturated carbocycles. The molecular weight excluding hydrogens is 271 g/mol. The van der Waals surface area contributed by atoms with Gasteiger partial charge in [-0.2, -0.15) is 13.2 Å². The number of rotatable bonds is 3.